The molecule has 9 heteroatoms. The van der Waals surface area contributed by atoms with Crippen molar-refractivity contribution in [3.8, 4) is 0 Å². The molecule has 21 heavy (non-hydrogen) atoms. The van der Waals surface area contributed by atoms with Crippen LogP contribution < -0.4 is 11.1 Å². The third kappa shape index (κ3) is 3.38. The van der Waals surface area contributed by atoms with Crippen molar-refractivity contribution in [1.29, 1.82) is 0 Å². The van der Waals surface area contributed by atoms with Crippen LogP contribution in [0.4, 0.5) is 35.9 Å². The van der Waals surface area contributed by atoms with E-state index >= 15 is 0 Å². The number of halogens is 3. The Balaban J connectivity index is 2.46. The molecule has 1 heterocycles. The van der Waals surface area contributed by atoms with Gasteiger partial charge in [0.15, 0.2) is 0 Å². The van der Waals surface area contributed by atoms with Crippen LogP contribution in [0.3, 0.4) is 0 Å². The monoisotopic (exact) mass is 298 g/mol. The Morgan fingerprint density at radius 1 is 1.29 bits per heavy atom. The van der Waals surface area contributed by atoms with E-state index in [0.29, 0.717) is 23.6 Å². The van der Waals surface area contributed by atoms with Gasteiger partial charge in [0.25, 0.3) is 0 Å². The number of anilines is 3. The minimum atomic E-state index is -4.69. The highest BCUT2D eigenvalue weighted by atomic mass is 19.4. The number of alkyl halides is 3. The highest BCUT2D eigenvalue weighted by Gasteiger charge is 2.34. The van der Waals surface area contributed by atoms with Crippen LogP contribution in [0.1, 0.15) is 5.69 Å². The molecule has 110 valence electrons. The van der Waals surface area contributed by atoms with Crippen molar-refractivity contribution < 1.29 is 18.1 Å². The normalized spacial score (nSPS) is 11.2. The van der Waals surface area contributed by atoms with Gasteiger partial charge in [-0.05, 0) is 24.3 Å². The number of nitrogens with zero attached hydrogens (tertiary/aromatic N) is 2. The largest absolute Gasteiger partial charge is 0.433 e. The predicted molar refractivity (Wildman–Crippen MR) is 70.0 cm³/mol. The summed E-state index contributed by atoms with van der Waals surface area (Å²) in [7, 11) is 0. The van der Waals surface area contributed by atoms with E-state index in [2.05, 4.69) is 10.3 Å². The van der Waals surface area contributed by atoms with E-state index in [0.717, 1.165) is 0 Å². The van der Waals surface area contributed by atoms with Gasteiger partial charge in [-0.1, -0.05) is 6.07 Å². The van der Waals surface area contributed by atoms with E-state index in [-0.39, 0.29) is 5.69 Å². The summed E-state index contributed by atoms with van der Waals surface area (Å²) in [6.45, 7) is 0. The molecule has 0 fully saturated rings. The molecule has 2 aromatic rings. The van der Waals surface area contributed by atoms with Crippen molar-refractivity contribution in [2.75, 3.05) is 11.1 Å². The molecule has 0 aliphatic heterocycles. The van der Waals surface area contributed by atoms with Gasteiger partial charge < -0.3 is 11.1 Å². The highest BCUT2D eigenvalue weighted by molar-refractivity contribution is 5.70. The Labute approximate surface area is 116 Å². The lowest BCUT2D eigenvalue weighted by Gasteiger charge is -2.10. The molecular weight excluding hydrogens is 289 g/mol. The van der Waals surface area contributed by atoms with Crippen LogP contribution in [0, 0.1) is 10.1 Å². The summed E-state index contributed by atoms with van der Waals surface area (Å²) in [5.74, 6) is 0. The minimum Gasteiger partial charge on any atom is -0.399 e. The molecule has 0 saturated carbocycles. The molecule has 6 nitrogen and oxygen atoms in total. The molecule has 3 N–H and O–H groups in total. The summed E-state index contributed by atoms with van der Waals surface area (Å²) < 4.78 is 37.9. The minimum absolute atomic E-state index is 0.312. The Bertz CT molecular complexity index is 688. The molecule has 0 aliphatic rings. The molecule has 1 aromatic heterocycles. The van der Waals surface area contributed by atoms with Gasteiger partial charge in [0, 0.05) is 11.4 Å². The van der Waals surface area contributed by atoms with E-state index in [1.54, 1.807) is 12.1 Å². The summed E-state index contributed by atoms with van der Waals surface area (Å²) in [5.41, 5.74) is 4.14. The Morgan fingerprint density at radius 2 is 2.00 bits per heavy atom. The van der Waals surface area contributed by atoms with Gasteiger partial charge >= 0.3 is 11.9 Å². The van der Waals surface area contributed by atoms with Crippen LogP contribution in [0.15, 0.2) is 36.5 Å². The Hall–Kier alpha value is -2.84. The number of nitrogens with two attached hydrogens (primary N) is 1. The van der Waals surface area contributed by atoms with Crippen LogP contribution in [-0.2, 0) is 6.18 Å². The first-order valence-corrected chi connectivity index (χ1v) is 5.61. The first kappa shape index (κ1) is 14.6. The summed E-state index contributed by atoms with van der Waals surface area (Å²) in [6, 6.07) is 6.69. The van der Waals surface area contributed by atoms with Crippen LogP contribution in [0.25, 0.3) is 0 Å². The van der Waals surface area contributed by atoms with E-state index < -0.39 is 22.5 Å². The van der Waals surface area contributed by atoms with E-state index in [4.69, 9.17) is 5.73 Å². The van der Waals surface area contributed by atoms with Crippen molar-refractivity contribution in [2.24, 2.45) is 0 Å². The molecule has 0 radical (unpaired) electrons. The number of rotatable bonds is 3. The van der Waals surface area contributed by atoms with Crippen molar-refractivity contribution in [1.82, 2.24) is 4.98 Å². The summed E-state index contributed by atoms with van der Waals surface area (Å²) in [4.78, 5) is 13.1. The predicted octanol–water partition coefficient (Wildman–Crippen LogP) is 3.33. The molecule has 0 bridgehead atoms. The number of nitro groups is 1. The molecule has 2 rings (SSSR count). The van der Waals surface area contributed by atoms with Crippen molar-refractivity contribution >= 4 is 22.7 Å². The lowest BCUT2D eigenvalue weighted by atomic mass is 10.2. The van der Waals surface area contributed by atoms with Crippen molar-refractivity contribution in [2.45, 2.75) is 6.18 Å². The van der Waals surface area contributed by atoms with Crippen LogP contribution in [-0.4, -0.2) is 9.91 Å². The summed E-state index contributed by atoms with van der Waals surface area (Å²) in [5, 5.41) is 13.4. The topological polar surface area (TPSA) is 94.1 Å². The first-order chi connectivity index (χ1) is 9.77. The third-order valence-corrected chi connectivity index (χ3v) is 2.54. The summed E-state index contributed by atoms with van der Waals surface area (Å²) in [6.07, 6.45) is -4.13. The molecule has 0 spiro atoms. The number of nitrogens with one attached hydrogen (secondary N) is 1. The van der Waals surface area contributed by atoms with Crippen LogP contribution in [0.2, 0.25) is 0 Å². The van der Waals surface area contributed by atoms with Gasteiger partial charge in [0.2, 0.25) is 0 Å². The summed E-state index contributed by atoms with van der Waals surface area (Å²) >= 11 is 0. The molecule has 0 atom stereocenters. The van der Waals surface area contributed by atoms with Gasteiger partial charge in [-0.25, -0.2) is 4.98 Å². The van der Waals surface area contributed by atoms with Crippen LogP contribution >= 0.6 is 0 Å². The Morgan fingerprint density at radius 3 is 2.57 bits per heavy atom. The average Bonchev–Trinajstić information content (AvgIpc) is 2.37. The van der Waals surface area contributed by atoms with Gasteiger partial charge in [-0.2, -0.15) is 13.2 Å². The number of aromatic nitrogens is 1. The molecule has 0 amide bonds. The first-order valence-electron chi connectivity index (χ1n) is 5.61. The number of pyridine rings is 1. The van der Waals surface area contributed by atoms with Gasteiger partial charge in [-0.3, -0.25) is 10.1 Å². The van der Waals surface area contributed by atoms with E-state index in [9.17, 15) is 23.3 Å². The van der Waals surface area contributed by atoms with Gasteiger partial charge in [0.05, 0.1) is 4.92 Å². The number of hydrogen-bond acceptors (Lipinski definition) is 5. The fraction of sp³-hybridized carbons (Fsp3) is 0.0833. The third-order valence-electron chi connectivity index (χ3n) is 2.54. The molecule has 1 aromatic carbocycles. The SMILES string of the molecule is Nc1cccc(Nc2cc(C(F)(F)F)ncc2[N+](=O)[O-])c1. The molecule has 0 saturated heterocycles. The van der Waals surface area contributed by atoms with E-state index in [1.165, 1.54) is 12.1 Å². The molecule has 0 aliphatic carbocycles. The smallest absolute Gasteiger partial charge is 0.399 e. The number of nitrogen functional groups attached to an aromatic ring is 1. The lowest BCUT2D eigenvalue weighted by Crippen LogP contribution is -2.09. The second-order valence-electron chi connectivity index (χ2n) is 4.09. The second-order valence-corrected chi connectivity index (χ2v) is 4.09. The fourth-order valence-corrected chi connectivity index (χ4v) is 1.62. The zero-order chi connectivity index (χ0) is 15.6. The van der Waals surface area contributed by atoms with Crippen molar-refractivity contribution in [3.63, 3.8) is 0 Å². The average molecular weight is 298 g/mol. The maximum absolute atomic E-state index is 12.6. The fourth-order valence-electron chi connectivity index (χ4n) is 1.62. The maximum Gasteiger partial charge on any atom is 0.433 e. The number of benzene rings is 1. The number of hydrogen-bond donors (Lipinski definition) is 2. The Kier molecular flexibility index (Phi) is 3.66. The van der Waals surface area contributed by atoms with Crippen LogP contribution in [0.5, 0.6) is 0 Å². The van der Waals surface area contributed by atoms with E-state index in [1.807, 2.05) is 0 Å². The maximum atomic E-state index is 12.6. The quantitative estimate of drug-likeness (QED) is 0.515. The zero-order valence-electron chi connectivity index (χ0n) is 10.4. The molecule has 0 unspecified atom stereocenters. The second kappa shape index (κ2) is 5.27. The van der Waals surface area contributed by atoms with Gasteiger partial charge in [0.1, 0.15) is 17.6 Å². The van der Waals surface area contributed by atoms with Gasteiger partial charge in [-0.15, -0.1) is 0 Å². The zero-order valence-corrected chi connectivity index (χ0v) is 10.4. The lowest BCUT2D eigenvalue weighted by molar-refractivity contribution is -0.384. The molecular formula is C12H9F3N4O2. The van der Waals surface area contributed by atoms with Crippen molar-refractivity contribution in [3.05, 3.63) is 52.3 Å². The standard InChI is InChI=1S/C12H9F3N4O2/c13-12(14,15)11-5-9(10(6-17-11)19(20)21)18-8-3-1-2-7(16)4-8/h1-6H,16H2,(H,17,18). The highest BCUT2D eigenvalue weighted by Crippen LogP contribution is 2.34.